The molecule has 7 nitrogen and oxygen atoms in total. The first-order valence-corrected chi connectivity index (χ1v) is 11.9. The van der Waals surface area contributed by atoms with Crippen molar-refractivity contribution in [2.75, 3.05) is 31.5 Å². The normalized spacial score (nSPS) is 20.8. The first-order valence-electron chi connectivity index (χ1n) is 11.0. The van der Waals surface area contributed by atoms with E-state index in [-0.39, 0.29) is 17.9 Å². The van der Waals surface area contributed by atoms with Gasteiger partial charge in [0.2, 0.25) is 5.91 Å². The van der Waals surface area contributed by atoms with E-state index in [0.29, 0.717) is 10.8 Å². The Labute approximate surface area is 184 Å². The van der Waals surface area contributed by atoms with Gasteiger partial charge in [0.1, 0.15) is 5.60 Å². The summed E-state index contributed by atoms with van der Waals surface area (Å²) in [6.45, 7) is 14.1. The highest BCUT2D eigenvalue weighted by Crippen LogP contribution is 2.32. The molecule has 0 atom stereocenters. The molecule has 2 aliphatic heterocycles. The Kier molecular flexibility index (Phi) is 7.07. The molecule has 1 aromatic rings. The molecule has 2 saturated heterocycles. The predicted molar refractivity (Wildman–Crippen MR) is 120 cm³/mol. The van der Waals surface area contributed by atoms with Gasteiger partial charge in [0.25, 0.3) is 0 Å². The lowest BCUT2D eigenvalue weighted by molar-refractivity contribution is -0.133. The molecule has 3 rings (SSSR count). The van der Waals surface area contributed by atoms with Gasteiger partial charge >= 0.3 is 6.09 Å². The van der Waals surface area contributed by atoms with Crippen LogP contribution < -0.4 is 5.32 Å². The van der Waals surface area contributed by atoms with E-state index < -0.39 is 11.7 Å². The van der Waals surface area contributed by atoms with Gasteiger partial charge in [0, 0.05) is 24.0 Å². The zero-order chi connectivity index (χ0) is 21.9. The Morgan fingerprint density at radius 3 is 2.47 bits per heavy atom. The van der Waals surface area contributed by atoms with Gasteiger partial charge in [-0.15, -0.1) is 11.3 Å². The van der Waals surface area contributed by atoms with E-state index >= 15 is 0 Å². The quantitative estimate of drug-likeness (QED) is 0.768. The fourth-order valence-corrected chi connectivity index (χ4v) is 4.90. The molecular formula is C22H36N4O3S. The van der Waals surface area contributed by atoms with Crippen LogP contribution in [0.1, 0.15) is 66.0 Å². The lowest BCUT2D eigenvalue weighted by Crippen LogP contribution is -2.56. The SMILES string of the molecule is CC1CCN(C2(C)CCN(C(=O)Cc3csc(NC(=O)OC(C)(C)C)n3)CC2)CC1. The van der Waals surface area contributed by atoms with Crippen molar-refractivity contribution in [3.8, 4) is 0 Å². The van der Waals surface area contributed by atoms with E-state index in [0.717, 1.165) is 31.8 Å². The standard InChI is InChI=1S/C22H36N4O3S/c1-16-6-10-26(11-7-16)22(5)8-12-25(13-9-22)18(27)14-17-15-30-19(23-17)24-20(28)29-21(2,3)4/h15-16H,6-14H2,1-5H3,(H,23,24,28). The van der Waals surface area contributed by atoms with Gasteiger partial charge in [0.05, 0.1) is 12.1 Å². The fraction of sp³-hybridized carbons (Fsp3) is 0.773. The number of thiazole rings is 1. The summed E-state index contributed by atoms with van der Waals surface area (Å²) in [6, 6.07) is 0. The van der Waals surface area contributed by atoms with Gasteiger partial charge in [-0.05, 0) is 72.4 Å². The molecule has 168 valence electrons. The van der Waals surface area contributed by atoms with E-state index in [9.17, 15) is 9.59 Å². The fourth-order valence-electron chi connectivity index (χ4n) is 4.21. The predicted octanol–water partition coefficient (Wildman–Crippen LogP) is 4.15. The topological polar surface area (TPSA) is 74.8 Å². The maximum absolute atomic E-state index is 12.8. The monoisotopic (exact) mass is 436 g/mol. The highest BCUT2D eigenvalue weighted by Gasteiger charge is 2.37. The van der Waals surface area contributed by atoms with E-state index in [1.165, 1.54) is 37.3 Å². The molecule has 0 bridgehead atoms. The molecule has 2 fully saturated rings. The number of amides is 2. The van der Waals surface area contributed by atoms with Crippen LogP contribution in [0.15, 0.2) is 5.38 Å². The molecule has 1 N–H and O–H groups in total. The Morgan fingerprint density at radius 2 is 1.87 bits per heavy atom. The number of nitrogens with one attached hydrogen (secondary N) is 1. The number of carbonyl (C=O) groups excluding carboxylic acids is 2. The van der Waals surface area contributed by atoms with Gasteiger partial charge in [0.15, 0.2) is 5.13 Å². The lowest BCUT2D eigenvalue weighted by Gasteiger charge is -2.49. The molecule has 0 aliphatic carbocycles. The molecular weight excluding hydrogens is 400 g/mol. The smallest absolute Gasteiger partial charge is 0.413 e. The van der Waals surface area contributed by atoms with Crippen molar-refractivity contribution >= 4 is 28.5 Å². The number of hydrogen-bond acceptors (Lipinski definition) is 6. The number of ether oxygens (including phenoxy) is 1. The van der Waals surface area contributed by atoms with Crippen LogP contribution >= 0.6 is 11.3 Å². The second kappa shape index (κ2) is 9.22. The first-order chi connectivity index (χ1) is 14.0. The van der Waals surface area contributed by atoms with Crippen molar-refractivity contribution in [2.45, 2.75) is 77.9 Å². The highest BCUT2D eigenvalue weighted by molar-refractivity contribution is 7.13. The molecule has 1 aromatic heterocycles. The summed E-state index contributed by atoms with van der Waals surface area (Å²) in [6.07, 6.45) is 4.34. The van der Waals surface area contributed by atoms with Crippen LogP contribution in [0.3, 0.4) is 0 Å². The number of hydrogen-bond donors (Lipinski definition) is 1. The van der Waals surface area contributed by atoms with Crippen molar-refractivity contribution in [1.29, 1.82) is 0 Å². The molecule has 0 radical (unpaired) electrons. The van der Waals surface area contributed by atoms with E-state index in [4.69, 9.17) is 4.74 Å². The molecule has 0 aromatic carbocycles. The summed E-state index contributed by atoms with van der Waals surface area (Å²) < 4.78 is 5.24. The summed E-state index contributed by atoms with van der Waals surface area (Å²) in [5.74, 6) is 0.942. The van der Waals surface area contributed by atoms with Gasteiger partial charge in [-0.25, -0.2) is 9.78 Å². The molecule has 0 saturated carbocycles. The molecule has 0 spiro atoms. The van der Waals surface area contributed by atoms with Crippen LogP contribution in [-0.2, 0) is 16.0 Å². The third-order valence-electron chi connectivity index (χ3n) is 6.23. The third-order valence-corrected chi connectivity index (χ3v) is 7.04. The molecule has 8 heteroatoms. The van der Waals surface area contributed by atoms with Crippen LogP contribution in [0.25, 0.3) is 0 Å². The first kappa shape index (κ1) is 23.0. The summed E-state index contributed by atoms with van der Waals surface area (Å²) in [7, 11) is 0. The summed E-state index contributed by atoms with van der Waals surface area (Å²) in [5.41, 5.74) is 0.339. The third kappa shape index (κ3) is 6.17. The average molecular weight is 437 g/mol. The van der Waals surface area contributed by atoms with Crippen LogP contribution in [0.2, 0.25) is 0 Å². The van der Waals surface area contributed by atoms with Crippen LogP contribution in [0.4, 0.5) is 9.93 Å². The Hall–Kier alpha value is -1.67. The highest BCUT2D eigenvalue weighted by atomic mass is 32.1. The lowest BCUT2D eigenvalue weighted by atomic mass is 9.84. The van der Waals surface area contributed by atoms with Crippen molar-refractivity contribution in [2.24, 2.45) is 5.92 Å². The van der Waals surface area contributed by atoms with Gasteiger partial charge in [-0.3, -0.25) is 15.0 Å². The molecule has 2 amide bonds. The summed E-state index contributed by atoms with van der Waals surface area (Å²) >= 11 is 1.31. The van der Waals surface area contributed by atoms with Crippen molar-refractivity contribution < 1.29 is 14.3 Å². The number of aromatic nitrogens is 1. The van der Waals surface area contributed by atoms with Crippen LogP contribution in [-0.4, -0.2) is 64.1 Å². The second-order valence-corrected chi connectivity index (χ2v) is 10.9. The van der Waals surface area contributed by atoms with Crippen LogP contribution in [0, 0.1) is 5.92 Å². The molecule has 30 heavy (non-hydrogen) atoms. The maximum atomic E-state index is 12.8. The molecule has 0 unspecified atom stereocenters. The summed E-state index contributed by atoms with van der Waals surface area (Å²) in [4.78, 5) is 33.6. The summed E-state index contributed by atoms with van der Waals surface area (Å²) in [5, 5.41) is 4.92. The van der Waals surface area contributed by atoms with Crippen molar-refractivity contribution in [1.82, 2.24) is 14.8 Å². The van der Waals surface area contributed by atoms with E-state index in [2.05, 4.69) is 29.0 Å². The van der Waals surface area contributed by atoms with E-state index in [1.54, 1.807) is 0 Å². The largest absolute Gasteiger partial charge is 0.444 e. The Balaban J connectivity index is 1.47. The molecule has 3 heterocycles. The zero-order valence-corrected chi connectivity index (χ0v) is 19.8. The van der Waals surface area contributed by atoms with Crippen molar-refractivity contribution in [3.63, 3.8) is 0 Å². The second-order valence-electron chi connectivity index (χ2n) is 9.99. The number of piperidine rings is 2. The van der Waals surface area contributed by atoms with Gasteiger partial charge in [-0.1, -0.05) is 6.92 Å². The average Bonchev–Trinajstić information content (AvgIpc) is 3.07. The number of rotatable bonds is 4. The number of anilines is 1. The minimum Gasteiger partial charge on any atom is -0.444 e. The van der Waals surface area contributed by atoms with Gasteiger partial charge < -0.3 is 9.64 Å². The number of nitrogens with zero attached hydrogens (tertiary/aromatic N) is 3. The van der Waals surface area contributed by atoms with Crippen molar-refractivity contribution in [3.05, 3.63) is 11.1 Å². The zero-order valence-electron chi connectivity index (χ0n) is 19.0. The van der Waals surface area contributed by atoms with E-state index in [1.807, 2.05) is 31.1 Å². The molecule has 2 aliphatic rings. The number of likely N-dealkylation sites (tertiary alicyclic amines) is 2. The van der Waals surface area contributed by atoms with Gasteiger partial charge in [-0.2, -0.15) is 0 Å². The maximum Gasteiger partial charge on any atom is 0.413 e. The minimum atomic E-state index is -0.560. The minimum absolute atomic E-state index is 0.110. The number of carbonyl (C=O) groups is 2. The Bertz CT molecular complexity index is 742. The Morgan fingerprint density at radius 1 is 1.23 bits per heavy atom. The van der Waals surface area contributed by atoms with Crippen LogP contribution in [0.5, 0.6) is 0 Å².